The second-order valence-corrected chi connectivity index (χ2v) is 15.8. The summed E-state index contributed by atoms with van der Waals surface area (Å²) in [5.74, 6) is 0.805. The van der Waals surface area contributed by atoms with Crippen molar-refractivity contribution in [1.29, 1.82) is 0 Å². The summed E-state index contributed by atoms with van der Waals surface area (Å²) >= 11 is 0. The molecule has 0 radical (unpaired) electrons. The zero-order valence-electron chi connectivity index (χ0n) is 24.2. The molecule has 0 spiro atoms. The molecule has 4 atom stereocenters. The molecule has 1 aliphatic heterocycles. The van der Waals surface area contributed by atoms with Gasteiger partial charge in [-0.05, 0) is 52.4 Å². The van der Waals surface area contributed by atoms with Crippen molar-refractivity contribution in [2.75, 3.05) is 20.3 Å². The zero-order chi connectivity index (χ0) is 28.6. The average Bonchev–Trinajstić information content (AvgIpc) is 3.47. The highest BCUT2D eigenvalue weighted by molar-refractivity contribution is 6.99. The van der Waals surface area contributed by atoms with Crippen molar-refractivity contribution in [3.05, 3.63) is 90.5 Å². The molecule has 0 aliphatic carbocycles. The minimum Gasteiger partial charge on any atom is -0.497 e. The normalized spacial score (nSPS) is 19.4. The summed E-state index contributed by atoms with van der Waals surface area (Å²) in [6.45, 7) is 7.45. The Morgan fingerprint density at radius 1 is 0.875 bits per heavy atom. The van der Waals surface area contributed by atoms with Crippen LogP contribution >= 0.6 is 0 Å². The second-order valence-electron chi connectivity index (χ2n) is 11.5. The summed E-state index contributed by atoms with van der Waals surface area (Å²) in [5, 5.41) is 22.0. The van der Waals surface area contributed by atoms with E-state index in [9.17, 15) is 10.2 Å². The topological polar surface area (TPSA) is 77.4 Å². The first-order valence-electron chi connectivity index (χ1n) is 14.2. The fraction of sp³-hybridized carbons (Fsp3) is 0.455. The zero-order valence-corrected chi connectivity index (χ0v) is 25.2. The molecule has 3 aromatic rings. The Morgan fingerprint density at radius 2 is 1.45 bits per heavy atom. The summed E-state index contributed by atoms with van der Waals surface area (Å²) in [6, 6.07) is 29.1. The van der Waals surface area contributed by atoms with Crippen LogP contribution in [0.15, 0.2) is 84.9 Å². The molecule has 3 aromatic carbocycles. The third-order valence-corrected chi connectivity index (χ3v) is 12.9. The van der Waals surface area contributed by atoms with E-state index in [0.717, 1.165) is 17.7 Å². The summed E-state index contributed by atoms with van der Waals surface area (Å²) in [5.41, 5.74) is 1.05. The van der Waals surface area contributed by atoms with Gasteiger partial charge in [-0.2, -0.15) is 0 Å². The monoisotopic (exact) mass is 564 g/mol. The number of aliphatic hydroxyl groups is 2. The van der Waals surface area contributed by atoms with Crippen LogP contribution in [0.2, 0.25) is 5.04 Å². The van der Waals surface area contributed by atoms with E-state index in [2.05, 4.69) is 69.3 Å². The Bertz CT molecular complexity index is 1110. The van der Waals surface area contributed by atoms with Gasteiger partial charge in [-0.3, -0.25) is 0 Å². The lowest BCUT2D eigenvalue weighted by Gasteiger charge is -2.43. The highest BCUT2D eigenvalue weighted by Gasteiger charge is 2.50. The molecular formula is C33H44O6Si. The average molecular weight is 565 g/mol. The summed E-state index contributed by atoms with van der Waals surface area (Å²) in [6.07, 6.45) is 0.398. The Morgan fingerprint density at radius 3 is 1.98 bits per heavy atom. The van der Waals surface area contributed by atoms with Gasteiger partial charge in [-0.1, -0.05) is 93.6 Å². The van der Waals surface area contributed by atoms with Crippen molar-refractivity contribution in [1.82, 2.24) is 0 Å². The van der Waals surface area contributed by atoms with Gasteiger partial charge >= 0.3 is 0 Å². The lowest BCUT2D eigenvalue weighted by Crippen LogP contribution is -2.66. The van der Waals surface area contributed by atoms with Crippen LogP contribution in [-0.2, 0) is 20.5 Å². The molecule has 6 nitrogen and oxygen atoms in total. The van der Waals surface area contributed by atoms with E-state index >= 15 is 0 Å². The Labute approximate surface area is 240 Å². The molecule has 1 fully saturated rings. The molecule has 216 valence electrons. The van der Waals surface area contributed by atoms with Gasteiger partial charge in [0.1, 0.15) is 11.9 Å². The highest BCUT2D eigenvalue weighted by atomic mass is 28.4. The standard InChI is InChI=1S/C33H44O6Si/c1-33(2,3)40(27-11-7-5-8-12-27,28-13-9-6-10-14-28)38-22-21-31(32-20-19-30(39-32)29(35)23-34)37-24-25-15-17-26(36-4)18-16-25/h5-18,29-32,34-35H,19-24H2,1-4H3/t29-,30+,31+,32+/m1/s1. The van der Waals surface area contributed by atoms with Gasteiger partial charge in [-0.25, -0.2) is 0 Å². The Kier molecular flexibility index (Phi) is 10.6. The molecule has 1 heterocycles. The molecule has 0 saturated carbocycles. The van der Waals surface area contributed by atoms with Crippen molar-refractivity contribution >= 4 is 18.7 Å². The van der Waals surface area contributed by atoms with Crippen molar-refractivity contribution in [2.24, 2.45) is 0 Å². The van der Waals surface area contributed by atoms with Gasteiger partial charge in [0, 0.05) is 6.61 Å². The lowest BCUT2D eigenvalue weighted by atomic mass is 10.1. The maximum absolute atomic E-state index is 10.2. The van der Waals surface area contributed by atoms with Crippen LogP contribution < -0.4 is 15.1 Å². The van der Waals surface area contributed by atoms with Crippen LogP contribution in [0.4, 0.5) is 0 Å². The molecule has 40 heavy (non-hydrogen) atoms. The molecule has 4 rings (SSSR count). The molecule has 7 heteroatoms. The quantitative estimate of drug-likeness (QED) is 0.299. The second kappa shape index (κ2) is 13.9. The fourth-order valence-electron chi connectivity index (χ4n) is 5.75. The van der Waals surface area contributed by atoms with Gasteiger partial charge in [0.2, 0.25) is 0 Å². The number of ether oxygens (including phenoxy) is 3. The van der Waals surface area contributed by atoms with Crippen LogP contribution in [0.3, 0.4) is 0 Å². The third kappa shape index (κ3) is 7.03. The van der Waals surface area contributed by atoms with Gasteiger partial charge in [0.25, 0.3) is 8.32 Å². The molecule has 1 aliphatic rings. The molecule has 0 amide bonds. The summed E-state index contributed by atoms with van der Waals surface area (Å²) < 4.78 is 25.1. The Hall–Kier alpha value is -2.52. The van der Waals surface area contributed by atoms with E-state index in [1.807, 2.05) is 36.4 Å². The van der Waals surface area contributed by atoms with E-state index in [1.165, 1.54) is 10.4 Å². The van der Waals surface area contributed by atoms with E-state index in [1.54, 1.807) is 7.11 Å². The molecule has 0 bridgehead atoms. The van der Waals surface area contributed by atoms with Crippen LogP contribution in [0.5, 0.6) is 5.75 Å². The minimum atomic E-state index is -2.67. The molecule has 2 N–H and O–H groups in total. The predicted molar refractivity (Wildman–Crippen MR) is 161 cm³/mol. The first-order chi connectivity index (χ1) is 19.3. The maximum Gasteiger partial charge on any atom is 0.261 e. The largest absolute Gasteiger partial charge is 0.497 e. The van der Waals surface area contributed by atoms with E-state index in [-0.39, 0.29) is 30.0 Å². The van der Waals surface area contributed by atoms with Gasteiger partial charge in [-0.15, -0.1) is 0 Å². The van der Waals surface area contributed by atoms with Crippen molar-refractivity contribution in [2.45, 2.75) is 76.1 Å². The van der Waals surface area contributed by atoms with Crippen LogP contribution in [0, 0.1) is 0 Å². The summed E-state index contributed by atoms with van der Waals surface area (Å²) in [7, 11) is -1.02. The SMILES string of the molecule is COc1ccc(CO[C@@H](CCO[Si](c2ccccc2)(c2ccccc2)C(C)(C)C)[C@@H]2CC[C@@H]([C@H](O)CO)O2)cc1. The van der Waals surface area contributed by atoms with Crippen LogP contribution in [-0.4, -0.2) is 63.3 Å². The predicted octanol–water partition coefficient (Wildman–Crippen LogP) is 4.45. The van der Waals surface area contributed by atoms with Crippen LogP contribution in [0.25, 0.3) is 0 Å². The smallest absolute Gasteiger partial charge is 0.261 e. The molecular weight excluding hydrogens is 520 g/mol. The number of hydrogen-bond acceptors (Lipinski definition) is 6. The van der Waals surface area contributed by atoms with Gasteiger partial charge in [0.05, 0.1) is 38.6 Å². The maximum atomic E-state index is 10.2. The molecule has 1 saturated heterocycles. The first-order valence-corrected chi connectivity index (χ1v) is 16.1. The van der Waals surface area contributed by atoms with Gasteiger partial charge in [0.15, 0.2) is 0 Å². The first kappa shape index (κ1) is 30.4. The van der Waals surface area contributed by atoms with Crippen molar-refractivity contribution in [3.8, 4) is 5.75 Å². The lowest BCUT2D eigenvalue weighted by molar-refractivity contribution is -0.110. The number of methoxy groups -OCH3 is 1. The number of hydrogen-bond donors (Lipinski definition) is 2. The van der Waals surface area contributed by atoms with Crippen molar-refractivity contribution in [3.63, 3.8) is 0 Å². The highest BCUT2D eigenvalue weighted by Crippen LogP contribution is 2.37. The summed E-state index contributed by atoms with van der Waals surface area (Å²) in [4.78, 5) is 0. The van der Waals surface area contributed by atoms with E-state index in [0.29, 0.717) is 26.1 Å². The van der Waals surface area contributed by atoms with Crippen molar-refractivity contribution < 1.29 is 28.8 Å². The number of rotatable bonds is 13. The van der Waals surface area contributed by atoms with E-state index in [4.69, 9.17) is 18.6 Å². The molecule has 0 unspecified atom stereocenters. The third-order valence-electron chi connectivity index (χ3n) is 7.88. The van der Waals surface area contributed by atoms with Gasteiger partial charge < -0.3 is 28.8 Å². The van der Waals surface area contributed by atoms with E-state index < -0.39 is 14.4 Å². The van der Waals surface area contributed by atoms with Crippen LogP contribution in [0.1, 0.15) is 45.6 Å². The minimum absolute atomic E-state index is 0.116. The molecule has 0 aromatic heterocycles. The fourth-order valence-corrected chi connectivity index (χ4v) is 10.3. The number of aliphatic hydroxyl groups excluding tert-OH is 2. The Balaban J connectivity index is 1.56. The number of benzene rings is 3.